The van der Waals surface area contributed by atoms with Crippen LogP contribution in [0.1, 0.15) is 5.82 Å². The summed E-state index contributed by atoms with van der Waals surface area (Å²) in [5, 5.41) is 5.58. The summed E-state index contributed by atoms with van der Waals surface area (Å²) >= 11 is 1.52. The third kappa shape index (κ3) is 1.65. The second-order valence-corrected chi connectivity index (χ2v) is 3.31. The van der Waals surface area contributed by atoms with Crippen molar-refractivity contribution < 1.29 is 9.32 Å². The van der Waals surface area contributed by atoms with Crippen LogP contribution in [0.5, 0.6) is 0 Å². The lowest BCUT2D eigenvalue weighted by atomic mass is 10.4. The SMILES string of the molecule is O=CCc1noc(-c2cccs2)n1. The summed E-state index contributed by atoms with van der Waals surface area (Å²) < 4.78 is 4.95. The number of carbonyl (C=O) groups is 1. The van der Waals surface area contributed by atoms with Crippen LogP contribution in [0.2, 0.25) is 0 Å². The zero-order chi connectivity index (χ0) is 9.10. The van der Waals surface area contributed by atoms with E-state index in [1.54, 1.807) is 0 Å². The molecule has 0 N–H and O–H groups in total. The molecule has 0 saturated heterocycles. The fraction of sp³-hybridized carbons (Fsp3) is 0.125. The zero-order valence-electron chi connectivity index (χ0n) is 6.64. The van der Waals surface area contributed by atoms with Gasteiger partial charge < -0.3 is 9.32 Å². The Kier molecular flexibility index (Phi) is 2.18. The van der Waals surface area contributed by atoms with Gasteiger partial charge in [0.15, 0.2) is 5.82 Å². The molecule has 2 aromatic rings. The molecule has 0 unspecified atom stereocenters. The van der Waals surface area contributed by atoms with Crippen molar-refractivity contribution >= 4 is 17.6 Å². The largest absolute Gasteiger partial charge is 0.333 e. The van der Waals surface area contributed by atoms with Gasteiger partial charge in [0.05, 0.1) is 11.3 Å². The first-order valence-electron chi connectivity index (χ1n) is 3.70. The minimum absolute atomic E-state index is 0.203. The predicted molar refractivity (Wildman–Crippen MR) is 47.4 cm³/mol. The van der Waals surface area contributed by atoms with Crippen molar-refractivity contribution in [3.8, 4) is 10.8 Å². The lowest BCUT2D eigenvalue weighted by molar-refractivity contribution is -0.107. The monoisotopic (exact) mass is 194 g/mol. The van der Waals surface area contributed by atoms with Crippen LogP contribution in [0.25, 0.3) is 10.8 Å². The number of aldehydes is 1. The second kappa shape index (κ2) is 3.49. The van der Waals surface area contributed by atoms with E-state index in [0.29, 0.717) is 11.7 Å². The molecule has 2 rings (SSSR count). The topological polar surface area (TPSA) is 56.0 Å². The molecule has 0 radical (unpaired) electrons. The van der Waals surface area contributed by atoms with E-state index in [1.807, 2.05) is 17.5 Å². The molecule has 2 heterocycles. The molecule has 0 spiro atoms. The van der Waals surface area contributed by atoms with Crippen molar-refractivity contribution in [2.45, 2.75) is 6.42 Å². The highest BCUT2D eigenvalue weighted by Crippen LogP contribution is 2.22. The summed E-state index contributed by atoms with van der Waals surface area (Å²) in [5.41, 5.74) is 0. The maximum atomic E-state index is 10.2. The van der Waals surface area contributed by atoms with Crippen LogP contribution in [0.4, 0.5) is 0 Å². The Bertz CT molecular complexity index is 394. The molecule has 5 heteroatoms. The van der Waals surface area contributed by atoms with Gasteiger partial charge in [0, 0.05) is 0 Å². The van der Waals surface area contributed by atoms with Crippen LogP contribution in [-0.2, 0) is 11.2 Å². The first-order chi connectivity index (χ1) is 6.40. The lowest BCUT2D eigenvalue weighted by Gasteiger charge is -1.81. The van der Waals surface area contributed by atoms with Gasteiger partial charge in [-0.05, 0) is 11.4 Å². The van der Waals surface area contributed by atoms with Crippen LogP contribution >= 0.6 is 11.3 Å². The number of carbonyl (C=O) groups excluding carboxylic acids is 1. The maximum Gasteiger partial charge on any atom is 0.267 e. The first kappa shape index (κ1) is 8.12. The Morgan fingerprint density at radius 2 is 2.54 bits per heavy atom. The van der Waals surface area contributed by atoms with Gasteiger partial charge in [-0.25, -0.2) is 0 Å². The van der Waals surface area contributed by atoms with Crippen molar-refractivity contribution in [1.82, 2.24) is 10.1 Å². The Morgan fingerprint density at radius 1 is 1.62 bits per heavy atom. The molecule has 66 valence electrons. The number of rotatable bonds is 3. The van der Waals surface area contributed by atoms with E-state index >= 15 is 0 Å². The molecule has 0 fully saturated rings. The first-order valence-corrected chi connectivity index (χ1v) is 4.58. The minimum atomic E-state index is 0.203. The molecule has 4 nitrogen and oxygen atoms in total. The molecule has 2 aromatic heterocycles. The quantitative estimate of drug-likeness (QED) is 0.695. The Morgan fingerprint density at radius 3 is 3.23 bits per heavy atom. The number of thiophene rings is 1. The van der Waals surface area contributed by atoms with Crippen molar-refractivity contribution in [3.63, 3.8) is 0 Å². The fourth-order valence-electron chi connectivity index (χ4n) is 0.912. The molecule has 13 heavy (non-hydrogen) atoms. The molecule has 0 aliphatic heterocycles. The average molecular weight is 194 g/mol. The Hall–Kier alpha value is -1.49. The smallest absolute Gasteiger partial charge is 0.267 e. The van der Waals surface area contributed by atoms with Gasteiger partial charge in [-0.3, -0.25) is 0 Å². The van der Waals surface area contributed by atoms with E-state index in [2.05, 4.69) is 10.1 Å². The molecule has 0 aliphatic carbocycles. The van der Waals surface area contributed by atoms with Crippen LogP contribution in [0.3, 0.4) is 0 Å². The zero-order valence-corrected chi connectivity index (χ0v) is 7.45. The minimum Gasteiger partial charge on any atom is -0.333 e. The third-order valence-electron chi connectivity index (χ3n) is 1.47. The molecule has 0 amide bonds. The Balaban J connectivity index is 2.28. The van der Waals surface area contributed by atoms with Gasteiger partial charge in [0.25, 0.3) is 5.89 Å². The molecule has 0 atom stereocenters. The highest BCUT2D eigenvalue weighted by Gasteiger charge is 2.08. The molecule has 0 saturated carbocycles. The lowest BCUT2D eigenvalue weighted by Crippen LogP contribution is -1.87. The number of hydrogen-bond acceptors (Lipinski definition) is 5. The van der Waals surface area contributed by atoms with Gasteiger partial charge in [-0.2, -0.15) is 4.98 Å². The van der Waals surface area contributed by atoms with E-state index in [1.165, 1.54) is 11.3 Å². The van der Waals surface area contributed by atoms with Gasteiger partial charge in [0.2, 0.25) is 0 Å². The average Bonchev–Trinajstić information content (AvgIpc) is 2.70. The standard InChI is InChI=1S/C8H6N2O2S/c11-4-3-7-9-8(12-10-7)6-2-1-5-13-6/h1-2,4-5H,3H2. The fourth-order valence-corrected chi connectivity index (χ4v) is 1.56. The summed E-state index contributed by atoms with van der Waals surface area (Å²) in [5.74, 6) is 0.908. The second-order valence-electron chi connectivity index (χ2n) is 2.36. The van der Waals surface area contributed by atoms with Crippen molar-refractivity contribution in [1.29, 1.82) is 0 Å². The normalized spacial score (nSPS) is 10.2. The molecule has 0 aliphatic rings. The van der Waals surface area contributed by atoms with Gasteiger partial charge in [-0.15, -0.1) is 11.3 Å². The molecule has 0 aromatic carbocycles. The highest BCUT2D eigenvalue weighted by molar-refractivity contribution is 7.13. The molecule has 0 bridgehead atoms. The van der Waals surface area contributed by atoms with Crippen LogP contribution in [-0.4, -0.2) is 16.4 Å². The molecular formula is C8H6N2O2S. The number of aromatic nitrogens is 2. The molecular weight excluding hydrogens is 188 g/mol. The summed E-state index contributed by atoms with van der Waals surface area (Å²) in [6.45, 7) is 0. The van der Waals surface area contributed by atoms with E-state index in [9.17, 15) is 4.79 Å². The number of hydrogen-bond donors (Lipinski definition) is 0. The summed E-state index contributed by atoms with van der Waals surface area (Å²) in [6.07, 6.45) is 0.956. The summed E-state index contributed by atoms with van der Waals surface area (Å²) in [6, 6.07) is 3.80. The summed E-state index contributed by atoms with van der Waals surface area (Å²) in [7, 11) is 0. The van der Waals surface area contributed by atoms with E-state index in [-0.39, 0.29) is 6.42 Å². The van der Waals surface area contributed by atoms with Crippen molar-refractivity contribution in [2.24, 2.45) is 0 Å². The third-order valence-corrected chi connectivity index (χ3v) is 2.32. The van der Waals surface area contributed by atoms with E-state index in [0.717, 1.165) is 11.2 Å². The summed E-state index contributed by atoms with van der Waals surface area (Å²) in [4.78, 5) is 15.1. The van der Waals surface area contributed by atoms with Crippen molar-refractivity contribution in [2.75, 3.05) is 0 Å². The van der Waals surface area contributed by atoms with Gasteiger partial charge in [0.1, 0.15) is 6.29 Å². The van der Waals surface area contributed by atoms with E-state index < -0.39 is 0 Å². The predicted octanol–water partition coefficient (Wildman–Crippen LogP) is 1.54. The van der Waals surface area contributed by atoms with Crippen LogP contribution < -0.4 is 0 Å². The Labute approximate surface area is 78.2 Å². The van der Waals surface area contributed by atoms with E-state index in [4.69, 9.17) is 4.52 Å². The van der Waals surface area contributed by atoms with Crippen LogP contribution in [0.15, 0.2) is 22.0 Å². The van der Waals surface area contributed by atoms with Crippen molar-refractivity contribution in [3.05, 3.63) is 23.3 Å². The van der Waals surface area contributed by atoms with Gasteiger partial charge >= 0.3 is 0 Å². The highest BCUT2D eigenvalue weighted by atomic mass is 32.1. The van der Waals surface area contributed by atoms with Gasteiger partial charge in [-0.1, -0.05) is 11.2 Å². The maximum absolute atomic E-state index is 10.2. The number of nitrogens with zero attached hydrogens (tertiary/aromatic N) is 2. The van der Waals surface area contributed by atoms with Crippen LogP contribution in [0, 0.1) is 0 Å².